The molecule has 8 heteroatoms. The zero-order valence-electron chi connectivity index (χ0n) is 15.9. The number of hydrogen-bond acceptors (Lipinski definition) is 4. The number of urea groups is 1. The van der Waals surface area contributed by atoms with E-state index in [2.05, 4.69) is 16.0 Å². The Morgan fingerprint density at radius 2 is 1.79 bits per heavy atom. The van der Waals surface area contributed by atoms with E-state index in [1.165, 1.54) is 30.6 Å². The van der Waals surface area contributed by atoms with Crippen molar-refractivity contribution in [2.75, 3.05) is 17.7 Å². The highest BCUT2D eigenvalue weighted by Gasteiger charge is 2.13. The van der Waals surface area contributed by atoms with Gasteiger partial charge in [0.15, 0.2) is 11.6 Å². The molecule has 3 rings (SSSR count). The monoisotopic (exact) mass is 413 g/mol. The predicted octanol–water partition coefficient (Wildman–Crippen LogP) is 5.03. The topological polar surface area (TPSA) is 79.5 Å². The van der Waals surface area contributed by atoms with E-state index < -0.39 is 17.9 Å². The van der Waals surface area contributed by atoms with Gasteiger partial charge in [0, 0.05) is 11.4 Å². The third-order valence-corrected chi connectivity index (χ3v) is 5.02. The summed E-state index contributed by atoms with van der Waals surface area (Å²) in [5.41, 5.74) is 1.68. The highest BCUT2D eigenvalue weighted by atomic mass is 32.1. The fraction of sp³-hybridized carbons (Fsp3) is 0.143. The van der Waals surface area contributed by atoms with E-state index in [4.69, 9.17) is 4.74 Å². The van der Waals surface area contributed by atoms with E-state index in [9.17, 15) is 14.0 Å². The number of amides is 3. The largest absolute Gasteiger partial charge is 0.494 e. The van der Waals surface area contributed by atoms with Crippen LogP contribution in [0.1, 0.15) is 28.2 Å². The Kier molecular flexibility index (Phi) is 6.46. The van der Waals surface area contributed by atoms with Crippen LogP contribution in [0, 0.1) is 5.82 Å². The third-order valence-electron chi connectivity index (χ3n) is 4.15. The normalized spacial score (nSPS) is 11.4. The summed E-state index contributed by atoms with van der Waals surface area (Å²) >= 11 is 1.35. The average molecular weight is 413 g/mol. The van der Waals surface area contributed by atoms with Crippen LogP contribution in [0.15, 0.2) is 60.0 Å². The highest BCUT2D eigenvalue weighted by molar-refractivity contribution is 7.12. The first-order valence-electron chi connectivity index (χ1n) is 8.82. The number of thiophene rings is 1. The van der Waals surface area contributed by atoms with Gasteiger partial charge < -0.3 is 20.7 Å². The minimum atomic E-state index is -0.492. The van der Waals surface area contributed by atoms with Crippen LogP contribution in [0.2, 0.25) is 0 Å². The van der Waals surface area contributed by atoms with Crippen LogP contribution in [-0.2, 0) is 0 Å². The molecule has 150 valence electrons. The van der Waals surface area contributed by atoms with Gasteiger partial charge in [-0.15, -0.1) is 11.3 Å². The van der Waals surface area contributed by atoms with Crippen molar-refractivity contribution in [3.8, 4) is 5.75 Å². The van der Waals surface area contributed by atoms with Crippen molar-refractivity contribution in [1.82, 2.24) is 5.32 Å². The lowest BCUT2D eigenvalue weighted by Gasteiger charge is -2.16. The number of anilines is 2. The van der Waals surface area contributed by atoms with Crippen molar-refractivity contribution in [2.24, 2.45) is 0 Å². The second-order valence-electron chi connectivity index (χ2n) is 6.23. The molecule has 1 atom stereocenters. The number of rotatable bonds is 6. The zero-order chi connectivity index (χ0) is 20.8. The van der Waals surface area contributed by atoms with Crippen molar-refractivity contribution in [2.45, 2.75) is 13.0 Å². The molecule has 0 aliphatic carbocycles. The van der Waals surface area contributed by atoms with Crippen molar-refractivity contribution in [1.29, 1.82) is 0 Å². The Morgan fingerprint density at radius 3 is 2.45 bits per heavy atom. The molecule has 1 heterocycles. The molecule has 6 nitrogen and oxygen atoms in total. The van der Waals surface area contributed by atoms with E-state index in [0.29, 0.717) is 21.8 Å². The number of benzene rings is 2. The molecular weight excluding hydrogens is 393 g/mol. The van der Waals surface area contributed by atoms with Crippen molar-refractivity contribution >= 4 is 34.6 Å². The number of carbonyl (C=O) groups excluding carboxylic acids is 2. The first kappa shape index (κ1) is 20.3. The van der Waals surface area contributed by atoms with Gasteiger partial charge in [0.05, 0.1) is 18.0 Å². The Bertz CT molecular complexity index is 1010. The molecule has 3 N–H and O–H groups in total. The number of hydrogen-bond donors (Lipinski definition) is 3. The molecule has 0 spiro atoms. The van der Waals surface area contributed by atoms with Crippen molar-refractivity contribution < 1.29 is 18.7 Å². The van der Waals surface area contributed by atoms with Crippen LogP contribution in [0.4, 0.5) is 20.6 Å². The maximum Gasteiger partial charge on any atom is 0.319 e. The van der Waals surface area contributed by atoms with Gasteiger partial charge in [-0.25, -0.2) is 9.18 Å². The van der Waals surface area contributed by atoms with Crippen LogP contribution in [0.25, 0.3) is 0 Å². The molecule has 0 radical (unpaired) electrons. The lowest BCUT2D eigenvalue weighted by molar-refractivity contribution is 0.103. The van der Waals surface area contributed by atoms with Gasteiger partial charge in [-0.2, -0.15) is 0 Å². The molecule has 0 aliphatic rings. The third kappa shape index (κ3) is 5.32. The molecular formula is C21H20FN3O3S. The van der Waals surface area contributed by atoms with Gasteiger partial charge in [-0.3, -0.25) is 4.79 Å². The van der Waals surface area contributed by atoms with Crippen LogP contribution in [0.3, 0.4) is 0 Å². The fourth-order valence-corrected chi connectivity index (χ4v) is 3.29. The smallest absolute Gasteiger partial charge is 0.319 e. The van der Waals surface area contributed by atoms with Gasteiger partial charge in [-0.05, 0) is 54.3 Å². The summed E-state index contributed by atoms with van der Waals surface area (Å²) < 4.78 is 18.8. The summed E-state index contributed by atoms with van der Waals surface area (Å²) in [7, 11) is 1.39. The summed E-state index contributed by atoms with van der Waals surface area (Å²) in [6.45, 7) is 1.75. The lowest BCUT2D eigenvalue weighted by Crippen LogP contribution is -2.31. The number of nitrogens with one attached hydrogen (secondary N) is 3. The SMILES string of the molecule is COc1ccc([C@H](C)NC(=O)Nc2cccc(NC(=O)c3cccs3)c2)cc1F. The van der Waals surface area contributed by atoms with Crippen LogP contribution < -0.4 is 20.7 Å². The van der Waals surface area contributed by atoms with Gasteiger partial charge in [-0.1, -0.05) is 18.2 Å². The van der Waals surface area contributed by atoms with Gasteiger partial charge in [0.2, 0.25) is 0 Å². The van der Waals surface area contributed by atoms with E-state index in [0.717, 1.165) is 0 Å². The van der Waals surface area contributed by atoms with Gasteiger partial charge in [0.1, 0.15) is 0 Å². The molecule has 3 aromatic rings. The van der Waals surface area contributed by atoms with E-state index in [1.54, 1.807) is 49.4 Å². The minimum absolute atomic E-state index is 0.145. The number of carbonyl (C=O) groups is 2. The Balaban J connectivity index is 1.60. The minimum Gasteiger partial charge on any atom is -0.494 e. The second kappa shape index (κ2) is 9.20. The predicted molar refractivity (Wildman–Crippen MR) is 112 cm³/mol. The summed E-state index contributed by atoms with van der Waals surface area (Å²) in [6.07, 6.45) is 0. The Morgan fingerprint density at radius 1 is 1.03 bits per heavy atom. The second-order valence-corrected chi connectivity index (χ2v) is 7.17. The first-order chi connectivity index (χ1) is 14.0. The van der Waals surface area contributed by atoms with Gasteiger partial charge in [0.25, 0.3) is 5.91 Å². The average Bonchev–Trinajstić information content (AvgIpc) is 3.23. The molecule has 2 aromatic carbocycles. The summed E-state index contributed by atoms with van der Waals surface area (Å²) in [6, 6.07) is 14.0. The van der Waals surface area contributed by atoms with Gasteiger partial charge >= 0.3 is 6.03 Å². The van der Waals surface area contributed by atoms with E-state index in [1.807, 2.05) is 5.38 Å². The Labute approximate surface area is 171 Å². The molecule has 0 saturated carbocycles. The molecule has 0 bridgehead atoms. The number of methoxy groups -OCH3 is 1. The summed E-state index contributed by atoms with van der Waals surface area (Å²) in [4.78, 5) is 25.0. The van der Waals surface area contributed by atoms with Crippen LogP contribution in [-0.4, -0.2) is 19.0 Å². The van der Waals surface area contributed by atoms with E-state index in [-0.39, 0.29) is 11.7 Å². The standard InChI is InChI=1S/C21H20FN3O3S/c1-13(14-8-9-18(28-2)17(22)11-14)23-21(27)25-16-6-3-5-15(12-16)24-20(26)19-7-4-10-29-19/h3-13H,1-2H3,(H,24,26)(H2,23,25,27)/t13-/m0/s1. The van der Waals surface area contributed by atoms with Crippen LogP contribution >= 0.6 is 11.3 Å². The molecule has 3 amide bonds. The van der Waals surface area contributed by atoms with Crippen molar-refractivity contribution in [3.05, 3.63) is 76.2 Å². The molecule has 0 fully saturated rings. The highest BCUT2D eigenvalue weighted by Crippen LogP contribution is 2.22. The summed E-state index contributed by atoms with van der Waals surface area (Å²) in [5, 5.41) is 10.1. The molecule has 0 aliphatic heterocycles. The zero-order valence-corrected chi connectivity index (χ0v) is 16.7. The maximum absolute atomic E-state index is 13.9. The van der Waals surface area contributed by atoms with Crippen molar-refractivity contribution in [3.63, 3.8) is 0 Å². The Hall–Kier alpha value is -3.39. The van der Waals surface area contributed by atoms with E-state index >= 15 is 0 Å². The first-order valence-corrected chi connectivity index (χ1v) is 9.70. The van der Waals surface area contributed by atoms with Crippen LogP contribution in [0.5, 0.6) is 5.75 Å². The maximum atomic E-state index is 13.9. The quantitative estimate of drug-likeness (QED) is 0.530. The lowest BCUT2D eigenvalue weighted by atomic mass is 10.1. The fourth-order valence-electron chi connectivity index (χ4n) is 2.67. The number of halogens is 1. The molecule has 0 saturated heterocycles. The molecule has 29 heavy (non-hydrogen) atoms. The summed E-state index contributed by atoms with van der Waals surface area (Å²) in [5.74, 6) is -0.559. The molecule has 0 unspecified atom stereocenters. The number of ether oxygens (including phenoxy) is 1. The molecule has 1 aromatic heterocycles.